The normalized spacial score (nSPS) is 19.0. The maximum atomic E-state index is 4.30. The number of hydrogen-bond acceptors (Lipinski definition) is 2. The summed E-state index contributed by atoms with van der Waals surface area (Å²) >= 11 is 0. The summed E-state index contributed by atoms with van der Waals surface area (Å²) in [6, 6.07) is 4.90. The Labute approximate surface area is 130 Å². The average Bonchev–Trinajstić information content (AvgIpc) is 2.93. The van der Waals surface area contributed by atoms with Gasteiger partial charge in [-0.1, -0.05) is 39.7 Å². The molecule has 1 heterocycles. The molecule has 1 aliphatic carbocycles. The zero-order chi connectivity index (χ0) is 15.1. The van der Waals surface area contributed by atoms with Crippen LogP contribution >= 0.6 is 0 Å². The van der Waals surface area contributed by atoms with Gasteiger partial charge in [0, 0.05) is 18.4 Å². The van der Waals surface area contributed by atoms with Crippen molar-refractivity contribution in [2.24, 2.45) is 11.3 Å². The molecule has 21 heavy (non-hydrogen) atoms. The minimum atomic E-state index is 0.499. The van der Waals surface area contributed by atoms with Gasteiger partial charge >= 0.3 is 0 Å². The van der Waals surface area contributed by atoms with Gasteiger partial charge in [0.2, 0.25) is 0 Å². The summed E-state index contributed by atoms with van der Waals surface area (Å²) in [6.45, 7) is 8.14. The van der Waals surface area contributed by atoms with Crippen molar-refractivity contribution in [2.45, 2.75) is 71.8 Å². The van der Waals surface area contributed by atoms with E-state index < -0.39 is 0 Å². The lowest BCUT2D eigenvalue weighted by Crippen LogP contribution is -2.46. The van der Waals surface area contributed by atoms with Crippen LogP contribution in [0.5, 0.6) is 0 Å². The topological polar surface area (TPSA) is 24.9 Å². The highest BCUT2D eigenvalue weighted by molar-refractivity contribution is 5.12. The first-order chi connectivity index (χ1) is 10.2. The third-order valence-electron chi connectivity index (χ3n) is 4.96. The van der Waals surface area contributed by atoms with E-state index in [4.69, 9.17) is 0 Å². The number of rotatable bonds is 8. The summed E-state index contributed by atoms with van der Waals surface area (Å²) in [5, 5.41) is 3.88. The lowest BCUT2D eigenvalue weighted by Gasteiger charge is -2.40. The summed E-state index contributed by atoms with van der Waals surface area (Å²) in [5.74, 6) is 0.780. The van der Waals surface area contributed by atoms with Gasteiger partial charge in [-0.05, 0) is 61.6 Å². The summed E-state index contributed by atoms with van der Waals surface area (Å²) in [7, 11) is 0. The van der Waals surface area contributed by atoms with Crippen molar-refractivity contribution >= 4 is 0 Å². The number of nitrogens with one attached hydrogen (secondary N) is 1. The van der Waals surface area contributed by atoms with Gasteiger partial charge in [0.25, 0.3) is 0 Å². The summed E-state index contributed by atoms with van der Waals surface area (Å²) in [4.78, 5) is 4.30. The van der Waals surface area contributed by atoms with Crippen LogP contribution in [0.25, 0.3) is 0 Å². The molecule has 118 valence electrons. The third kappa shape index (κ3) is 4.54. The molecule has 0 amide bonds. The van der Waals surface area contributed by atoms with E-state index in [1.165, 1.54) is 44.1 Å². The van der Waals surface area contributed by atoms with E-state index >= 15 is 0 Å². The molecule has 1 unspecified atom stereocenters. The minimum Gasteiger partial charge on any atom is -0.313 e. The number of nitrogens with zero attached hydrogens (tertiary/aromatic N) is 1. The van der Waals surface area contributed by atoms with E-state index in [1.807, 2.05) is 12.4 Å². The third-order valence-corrected chi connectivity index (χ3v) is 4.96. The molecule has 0 spiro atoms. The lowest BCUT2D eigenvalue weighted by molar-refractivity contribution is 0.154. The monoisotopic (exact) mass is 288 g/mol. The van der Waals surface area contributed by atoms with Gasteiger partial charge in [-0.15, -0.1) is 0 Å². The molecule has 0 saturated heterocycles. The van der Waals surface area contributed by atoms with Crippen molar-refractivity contribution in [3.05, 3.63) is 30.1 Å². The van der Waals surface area contributed by atoms with E-state index in [2.05, 4.69) is 43.2 Å². The van der Waals surface area contributed by atoms with Gasteiger partial charge in [-0.3, -0.25) is 4.98 Å². The fraction of sp³-hybridized carbons (Fsp3) is 0.737. The van der Waals surface area contributed by atoms with E-state index in [0.29, 0.717) is 11.5 Å². The summed E-state index contributed by atoms with van der Waals surface area (Å²) in [5.41, 5.74) is 1.88. The molecule has 0 radical (unpaired) electrons. The molecule has 1 aliphatic rings. The Hall–Kier alpha value is -0.890. The van der Waals surface area contributed by atoms with Gasteiger partial charge in [-0.2, -0.15) is 0 Å². The molecule has 1 saturated carbocycles. The molecule has 1 aromatic rings. The number of aromatic nitrogens is 1. The Morgan fingerprint density at radius 1 is 1.29 bits per heavy atom. The molecule has 0 bridgehead atoms. The molecule has 2 heteroatoms. The lowest BCUT2D eigenvalue weighted by atomic mass is 9.71. The standard InChI is InChI=1S/C19H32N2/c1-4-11-21-18(13-17-8-7-12-20-15-17)19(14-16(2)3)9-5-6-10-19/h7-8,12,15-16,18,21H,4-6,9-11,13-14H2,1-3H3. The van der Waals surface area contributed by atoms with Crippen molar-refractivity contribution in [1.29, 1.82) is 0 Å². The predicted molar refractivity (Wildman–Crippen MR) is 90.4 cm³/mol. The van der Waals surface area contributed by atoms with Crippen LogP contribution in [0.3, 0.4) is 0 Å². The molecular weight excluding hydrogens is 256 g/mol. The summed E-state index contributed by atoms with van der Waals surface area (Å²) < 4.78 is 0. The predicted octanol–water partition coefficient (Wildman–Crippen LogP) is 4.60. The highest BCUT2D eigenvalue weighted by atomic mass is 14.9. The van der Waals surface area contributed by atoms with Gasteiger partial charge in [0.1, 0.15) is 0 Å². The number of pyridine rings is 1. The fourth-order valence-electron chi connectivity index (χ4n) is 4.17. The minimum absolute atomic E-state index is 0.499. The van der Waals surface area contributed by atoms with Crippen molar-refractivity contribution in [3.63, 3.8) is 0 Å². The highest BCUT2D eigenvalue weighted by Gasteiger charge is 2.41. The molecule has 2 rings (SSSR count). The van der Waals surface area contributed by atoms with Crippen LogP contribution in [0.1, 0.15) is 64.9 Å². The van der Waals surface area contributed by atoms with Gasteiger partial charge < -0.3 is 5.32 Å². The molecule has 1 fully saturated rings. The Bertz CT molecular complexity index is 393. The molecule has 1 aromatic heterocycles. The molecule has 0 aliphatic heterocycles. The second-order valence-electron chi connectivity index (χ2n) is 7.24. The first-order valence-corrected chi connectivity index (χ1v) is 8.78. The molecule has 0 aromatic carbocycles. The van der Waals surface area contributed by atoms with Crippen LogP contribution in [-0.4, -0.2) is 17.6 Å². The van der Waals surface area contributed by atoms with E-state index in [9.17, 15) is 0 Å². The first-order valence-electron chi connectivity index (χ1n) is 8.78. The SMILES string of the molecule is CCCNC(Cc1cccnc1)C1(CC(C)C)CCCC1. The maximum Gasteiger partial charge on any atom is 0.0300 e. The van der Waals surface area contributed by atoms with Crippen LogP contribution in [0.15, 0.2) is 24.5 Å². The van der Waals surface area contributed by atoms with Crippen LogP contribution in [0.2, 0.25) is 0 Å². The van der Waals surface area contributed by atoms with E-state index in [1.54, 1.807) is 0 Å². The second-order valence-corrected chi connectivity index (χ2v) is 7.24. The largest absolute Gasteiger partial charge is 0.313 e. The smallest absolute Gasteiger partial charge is 0.0300 e. The Morgan fingerprint density at radius 2 is 2.05 bits per heavy atom. The van der Waals surface area contributed by atoms with Crippen LogP contribution in [0.4, 0.5) is 0 Å². The van der Waals surface area contributed by atoms with Crippen molar-refractivity contribution in [1.82, 2.24) is 10.3 Å². The van der Waals surface area contributed by atoms with Crippen LogP contribution in [-0.2, 0) is 6.42 Å². The highest BCUT2D eigenvalue weighted by Crippen LogP contribution is 2.46. The molecule has 1 N–H and O–H groups in total. The van der Waals surface area contributed by atoms with Gasteiger partial charge in [0.15, 0.2) is 0 Å². The van der Waals surface area contributed by atoms with E-state index in [0.717, 1.165) is 18.9 Å². The fourth-order valence-corrected chi connectivity index (χ4v) is 4.17. The number of hydrogen-bond donors (Lipinski definition) is 1. The van der Waals surface area contributed by atoms with E-state index in [-0.39, 0.29) is 0 Å². The van der Waals surface area contributed by atoms with Crippen LogP contribution < -0.4 is 5.32 Å². The zero-order valence-electron chi connectivity index (χ0n) is 14.1. The van der Waals surface area contributed by atoms with Crippen LogP contribution in [0, 0.1) is 11.3 Å². The maximum absolute atomic E-state index is 4.30. The molecule has 2 nitrogen and oxygen atoms in total. The molecular formula is C19H32N2. The Kier molecular flexibility index (Phi) is 6.22. The second kappa shape index (κ2) is 7.93. The van der Waals surface area contributed by atoms with Gasteiger partial charge in [-0.25, -0.2) is 0 Å². The Morgan fingerprint density at radius 3 is 2.62 bits per heavy atom. The average molecular weight is 288 g/mol. The van der Waals surface area contributed by atoms with Crippen molar-refractivity contribution in [3.8, 4) is 0 Å². The summed E-state index contributed by atoms with van der Waals surface area (Å²) in [6.07, 6.45) is 13.2. The Balaban J connectivity index is 2.15. The van der Waals surface area contributed by atoms with Gasteiger partial charge in [0.05, 0.1) is 0 Å². The van der Waals surface area contributed by atoms with Crippen molar-refractivity contribution < 1.29 is 0 Å². The van der Waals surface area contributed by atoms with Crippen molar-refractivity contribution in [2.75, 3.05) is 6.54 Å². The molecule has 1 atom stereocenters. The quantitative estimate of drug-likeness (QED) is 0.756. The zero-order valence-corrected chi connectivity index (χ0v) is 14.1. The first kappa shape index (κ1) is 16.5.